The second-order valence-electron chi connectivity index (χ2n) is 5.03. The summed E-state index contributed by atoms with van der Waals surface area (Å²) in [5.41, 5.74) is 0.735. The first kappa shape index (κ1) is 14.8. The van der Waals surface area contributed by atoms with Crippen molar-refractivity contribution in [3.63, 3.8) is 0 Å². The number of amides is 1. The number of aromatic hydroxyl groups is 1. The molecule has 0 spiro atoms. The van der Waals surface area contributed by atoms with Crippen LogP contribution in [0.3, 0.4) is 0 Å². The molecule has 21 heavy (non-hydrogen) atoms. The van der Waals surface area contributed by atoms with Gasteiger partial charge < -0.3 is 15.2 Å². The Balaban J connectivity index is 2.66. The van der Waals surface area contributed by atoms with Gasteiger partial charge in [0, 0.05) is 17.0 Å². The van der Waals surface area contributed by atoms with Crippen molar-refractivity contribution in [1.29, 1.82) is 0 Å². The van der Waals surface area contributed by atoms with Gasteiger partial charge in [0.1, 0.15) is 5.75 Å². The van der Waals surface area contributed by atoms with Crippen molar-refractivity contribution in [3.8, 4) is 5.75 Å². The summed E-state index contributed by atoms with van der Waals surface area (Å²) in [6.45, 7) is 3.57. The van der Waals surface area contributed by atoms with Gasteiger partial charge in [0.25, 0.3) is 0 Å². The summed E-state index contributed by atoms with van der Waals surface area (Å²) in [4.78, 5) is 23.8. The third-order valence-corrected chi connectivity index (χ3v) is 3.15. The zero-order valence-corrected chi connectivity index (χ0v) is 12.1. The Morgan fingerprint density at radius 2 is 1.95 bits per heavy atom. The number of hydrogen-bond donors (Lipinski definition) is 2. The average molecular weight is 287 g/mol. The summed E-state index contributed by atoms with van der Waals surface area (Å²) in [6, 6.07) is 8.09. The zero-order chi connectivity index (χ0) is 15.6. The number of hydrogen-bond acceptors (Lipinski definition) is 4. The number of phenols is 1. The van der Waals surface area contributed by atoms with E-state index in [1.54, 1.807) is 32.0 Å². The first-order valence-electron chi connectivity index (χ1n) is 6.59. The largest absolute Gasteiger partial charge is 0.508 e. The number of methoxy groups -OCH3 is 1. The number of fused-ring (bicyclic) bond motifs is 1. The summed E-state index contributed by atoms with van der Waals surface area (Å²) in [5, 5.41) is 13.7. The molecule has 0 saturated heterocycles. The van der Waals surface area contributed by atoms with Crippen LogP contribution in [-0.4, -0.2) is 24.1 Å². The summed E-state index contributed by atoms with van der Waals surface area (Å²) >= 11 is 0. The Hall–Kier alpha value is -2.56. The third-order valence-electron chi connectivity index (χ3n) is 3.15. The maximum absolute atomic E-state index is 11.9. The summed E-state index contributed by atoms with van der Waals surface area (Å²) in [5.74, 6) is -0.928. The SMILES string of the molecule is COC(=O)c1cc(O)cc2cccc(NC(=O)C(C)C)c12. The monoisotopic (exact) mass is 287 g/mol. The van der Waals surface area contributed by atoms with E-state index in [4.69, 9.17) is 4.74 Å². The molecule has 0 aromatic heterocycles. The number of nitrogens with one attached hydrogen (secondary N) is 1. The normalized spacial score (nSPS) is 10.7. The van der Waals surface area contributed by atoms with Crippen LogP contribution in [0.2, 0.25) is 0 Å². The molecule has 0 atom stereocenters. The number of benzene rings is 2. The quantitative estimate of drug-likeness (QED) is 0.851. The number of ether oxygens (including phenoxy) is 1. The van der Waals surface area contributed by atoms with Crippen molar-refractivity contribution in [1.82, 2.24) is 0 Å². The summed E-state index contributed by atoms with van der Waals surface area (Å²) in [7, 11) is 1.27. The van der Waals surface area contributed by atoms with Gasteiger partial charge in [0.05, 0.1) is 12.7 Å². The molecule has 2 rings (SSSR count). The Morgan fingerprint density at radius 1 is 1.24 bits per heavy atom. The lowest BCUT2D eigenvalue weighted by Gasteiger charge is -2.13. The first-order chi connectivity index (χ1) is 9.93. The van der Waals surface area contributed by atoms with Crippen LogP contribution in [0.5, 0.6) is 5.75 Å². The Kier molecular flexibility index (Phi) is 4.12. The van der Waals surface area contributed by atoms with Crippen molar-refractivity contribution in [2.75, 3.05) is 12.4 Å². The molecule has 1 amide bonds. The smallest absolute Gasteiger partial charge is 0.338 e. The predicted octanol–water partition coefficient (Wildman–Crippen LogP) is 2.93. The molecule has 0 bridgehead atoms. The van der Waals surface area contributed by atoms with Crippen LogP contribution in [0.25, 0.3) is 10.8 Å². The van der Waals surface area contributed by atoms with Crippen LogP contribution in [0.15, 0.2) is 30.3 Å². The lowest BCUT2D eigenvalue weighted by atomic mass is 10.0. The van der Waals surface area contributed by atoms with Crippen LogP contribution >= 0.6 is 0 Å². The summed E-state index contributed by atoms with van der Waals surface area (Å²) < 4.78 is 4.74. The molecule has 0 radical (unpaired) electrons. The topological polar surface area (TPSA) is 75.6 Å². The van der Waals surface area contributed by atoms with Gasteiger partial charge in [-0.3, -0.25) is 4.79 Å². The number of anilines is 1. The van der Waals surface area contributed by atoms with Gasteiger partial charge in [-0.2, -0.15) is 0 Å². The van der Waals surface area contributed by atoms with Crippen molar-refractivity contribution in [3.05, 3.63) is 35.9 Å². The van der Waals surface area contributed by atoms with E-state index < -0.39 is 5.97 Å². The second kappa shape index (κ2) is 5.83. The molecule has 5 heteroatoms. The molecule has 2 N–H and O–H groups in total. The van der Waals surface area contributed by atoms with Crippen molar-refractivity contribution >= 4 is 28.3 Å². The van der Waals surface area contributed by atoms with Crippen LogP contribution in [-0.2, 0) is 9.53 Å². The predicted molar refractivity (Wildman–Crippen MR) is 80.4 cm³/mol. The van der Waals surface area contributed by atoms with E-state index in [-0.39, 0.29) is 23.1 Å². The van der Waals surface area contributed by atoms with Crippen LogP contribution in [0.1, 0.15) is 24.2 Å². The van der Waals surface area contributed by atoms with E-state index in [0.717, 1.165) is 0 Å². The summed E-state index contributed by atoms with van der Waals surface area (Å²) in [6.07, 6.45) is 0. The minimum Gasteiger partial charge on any atom is -0.508 e. The number of carbonyl (C=O) groups is 2. The molecule has 2 aromatic carbocycles. The van der Waals surface area contributed by atoms with Crippen LogP contribution in [0, 0.1) is 5.92 Å². The van der Waals surface area contributed by atoms with Gasteiger partial charge in [-0.15, -0.1) is 0 Å². The minimum absolute atomic E-state index is 0.0322. The van der Waals surface area contributed by atoms with E-state index in [2.05, 4.69) is 5.32 Å². The molecule has 110 valence electrons. The molecular weight excluding hydrogens is 270 g/mol. The minimum atomic E-state index is -0.567. The van der Waals surface area contributed by atoms with Crippen molar-refractivity contribution in [2.45, 2.75) is 13.8 Å². The van der Waals surface area contributed by atoms with E-state index in [1.165, 1.54) is 19.2 Å². The van der Waals surface area contributed by atoms with Crippen molar-refractivity contribution in [2.24, 2.45) is 5.92 Å². The molecule has 0 heterocycles. The fraction of sp³-hybridized carbons (Fsp3) is 0.250. The maximum atomic E-state index is 11.9. The van der Waals surface area contributed by atoms with Crippen molar-refractivity contribution < 1.29 is 19.4 Å². The third kappa shape index (κ3) is 2.97. The van der Waals surface area contributed by atoms with Gasteiger partial charge in [-0.05, 0) is 23.6 Å². The molecule has 0 aliphatic rings. The highest BCUT2D eigenvalue weighted by Crippen LogP contribution is 2.31. The van der Waals surface area contributed by atoms with Crippen LogP contribution in [0.4, 0.5) is 5.69 Å². The Labute approximate surface area is 122 Å². The zero-order valence-electron chi connectivity index (χ0n) is 12.1. The van der Waals surface area contributed by atoms with E-state index in [9.17, 15) is 14.7 Å². The Morgan fingerprint density at radius 3 is 2.57 bits per heavy atom. The average Bonchev–Trinajstić information content (AvgIpc) is 2.45. The number of phenolic OH excluding ortho intramolecular Hbond substituents is 1. The van der Waals surface area contributed by atoms with Gasteiger partial charge in [-0.25, -0.2) is 4.79 Å². The fourth-order valence-electron chi connectivity index (χ4n) is 2.06. The van der Waals surface area contributed by atoms with Gasteiger partial charge in [0.2, 0.25) is 5.91 Å². The number of carbonyl (C=O) groups excluding carboxylic acids is 2. The Bertz CT molecular complexity index is 707. The highest BCUT2D eigenvalue weighted by molar-refractivity contribution is 6.12. The molecule has 0 unspecified atom stereocenters. The van der Waals surface area contributed by atoms with Gasteiger partial charge >= 0.3 is 5.97 Å². The lowest BCUT2D eigenvalue weighted by Crippen LogP contribution is -2.18. The molecular formula is C16H17NO4. The molecule has 0 fully saturated rings. The highest BCUT2D eigenvalue weighted by atomic mass is 16.5. The molecule has 5 nitrogen and oxygen atoms in total. The van der Waals surface area contributed by atoms with E-state index in [0.29, 0.717) is 16.5 Å². The molecule has 0 saturated carbocycles. The molecule has 0 aliphatic heterocycles. The van der Waals surface area contributed by atoms with Gasteiger partial charge in [0.15, 0.2) is 0 Å². The standard InChI is InChI=1S/C16H17NO4/c1-9(2)15(19)17-13-6-4-5-10-7-11(18)8-12(14(10)13)16(20)21-3/h4-9,18H,1-3H3,(H,17,19). The number of esters is 1. The number of rotatable bonds is 3. The highest BCUT2D eigenvalue weighted by Gasteiger charge is 2.17. The fourth-order valence-corrected chi connectivity index (χ4v) is 2.06. The van der Waals surface area contributed by atoms with E-state index in [1.807, 2.05) is 0 Å². The molecule has 0 aliphatic carbocycles. The maximum Gasteiger partial charge on any atom is 0.338 e. The lowest BCUT2D eigenvalue weighted by molar-refractivity contribution is -0.118. The molecule has 2 aromatic rings. The first-order valence-corrected chi connectivity index (χ1v) is 6.59. The second-order valence-corrected chi connectivity index (χ2v) is 5.03. The van der Waals surface area contributed by atoms with Gasteiger partial charge in [-0.1, -0.05) is 26.0 Å². The van der Waals surface area contributed by atoms with Crippen LogP contribution < -0.4 is 5.32 Å². The van der Waals surface area contributed by atoms with E-state index >= 15 is 0 Å².